The first-order valence-electron chi connectivity index (χ1n) is 7.30. The van der Waals surface area contributed by atoms with Gasteiger partial charge in [0.05, 0.1) is 0 Å². The molecule has 1 saturated carbocycles. The second-order valence-electron chi connectivity index (χ2n) is 5.65. The van der Waals surface area contributed by atoms with E-state index in [0.717, 1.165) is 17.4 Å². The van der Waals surface area contributed by atoms with Crippen LogP contribution in [0.3, 0.4) is 0 Å². The van der Waals surface area contributed by atoms with Crippen LogP contribution < -0.4 is 5.32 Å². The number of hydrogen-bond donors (Lipinski definition) is 1. The Labute approximate surface area is 126 Å². The molecule has 1 unspecified atom stereocenters. The molecule has 1 aliphatic rings. The number of rotatable bonds is 6. The normalized spacial score (nSPS) is 17.8. The van der Waals surface area contributed by atoms with E-state index in [9.17, 15) is 0 Å². The first-order chi connectivity index (χ1) is 9.19. The lowest BCUT2D eigenvalue weighted by Crippen LogP contribution is -2.28. The number of benzene rings is 1. The van der Waals surface area contributed by atoms with Gasteiger partial charge in [0.15, 0.2) is 0 Å². The highest BCUT2D eigenvalue weighted by atomic mass is 35.5. The summed E-state index contributed by atoms with van der Waals surface area (Å²) in [6, 6.07) is 6.32. The number of likely N-dealkylation sites (N-methyl/N-ethyl adjacent to an activating group) is 1. The van der Waals surface area contributed by atoms with Crippen LogP contribution in [0.1, 0.15) is 44.1 Å². The van der Waals surface area contributed by atoms with Crippen molar-refractivity contribution in [3.05, 3.63) is 33.8 Å². The van der Waals surface area contributed by atoms with E-state index in [1.165, 1.54) is 44.1 Å². The summed E-state index contributed by atoms with van der Waals surface area (Å²) in [4.78, 5) is 0. The highest BCUT2D eigenvalue weighted by Crippen LogP contribution is 2.30. The molecule has 0 radical (unpaired) electrons. The number of halogens is 2. The minimum Gasteiger partial charge on any atom is -0.317 e. The van der Waals surface area contributed by atoms with Gasteiger partial charge in [0.2, 0.25) is 0 Å². The molecule has 1 aromatic rings. The standard InChI is InChI=1S/C16H23Cl2N/c1-19-15(9-6-12-4-2-3-5-12)10-13-7-8-14(17)11-16(13)18/h7-8,11-12,15,19H,2-6,9-10H2,1H3. The van der Waals surface area contributed by atoms with Gasteiger partial charge in [-0.25, -0.2) is 0 Å². The quantitative estimate of drug-likeness (QED) is 0.771. The van der Waals surface area contributed by atoms with Crippen LogP contribution in [0.25, 0.3) is 0 Å². The molecule has 0 heterocycles. The third kappa shape index (κ3) is 4.66. The SMILES string of the molecule is CNC(CCC1CCCC1)Cc1ccc(Cl)cc1Cl. The average Bonchev–Trinajstić information content (AvgIpc) is 2.90. The molecule has 1 fully saturated rings. The lowest BCUT2D eigenvalue weighted by atomic mass is 9.95. The van der Waals surface area contributed by atoms with Gasteiger partial charge in [-0.05, 0) is 49.9 Å². The second kappa shape index (κ2) is 7.52. The smallest absolute Gasteiger partial charge is 0.0453 e. The summed E-state index contributed by atoms with van der Waals surface area (Å²) in [5.74, 6) is 0.955. The zero-order valence-electron chi connectivity index (χ0n) is 11.6. The molecule has 1 N–H and O–H groups in total. The maximum absolute atomic E-state index is 6.25. The van der Waals surface area contributed by atoms with Gasteiger partial charge in [-0.1, -0.05) is 55.0 Å². The lowest BCUT2D eigenvalue weighted by Gasteiger charge is -2.19. The number of nitrogens with one attached hydrogen (secondary N) is 1. The van der Waals surface area contributed by atoms with Crippen molar-refractivity contribution in [2.45, 2.75) is 51.0 Å². The van der Waals surface area contributed by atoms with Crippen molar-refractivity contribution in [3.63, 3.8) is 0 Å². The molecule has 1 aliphatic carbocycles. The van der Waals surface area contributed by atoms with Gasteiger partial charge in [0, 0.05) is 16.1 Å². The minimum absolute atomic E-state index is 0.513. The van der Waals surface area contributed by atoms with Crippen molar-refractivity contribution in [1.82, 2.24) is 5.32 Å². The van der Waals surface area contributed by atoms with E-state index in [0.29, 0.717) is 11.1 Å². The van der Waals surface area contributed by atoms with E-state index < -0.39 is 0 Å². The van der Waals surface area contributed by atoms with E-state index in [-0.39, 0.29) is 0 Å². The Morgan fingerprint density at radius 2 is 2.00 bits per heavy atom. The topological polar surface area (TPSA) is 12.0 Å². The average molecular weight is 300 g/mol. The maximum Gasteiger partial charge on any atom is 0.0453 e. The van der Waals surface area contributed by atoms with E-state index in [2.05, 4.69) is 5.32 Å². The van der Waals surface area contributed by atoms with Crippen molar-refractivity contribution >= 4 is 23.2 Å². The summed E-state index contributed by atoms with van der Waals surface area (Å²) in [5.41, 5.74) is 1.19. The fourth-order valence-electron chi connectivity index (χ4n) is 3.04. The Kier molecular flexibility index (Phi) is 6.00. The zero-order chi connectivity index (χ0) is 13.7. The molecule has 0 amide bonds. The van der Waals surface area contributed by atoms with Gasteiger partial charge in [-0.15, -0.1) is 0 Å². The molecule has 0 saturated heterocycles. The van der Waals surface area contributed by atoms with Gasteiger partial charge >= 0.3 is 0 Å². The second-order valence-corrected chi connectivity index (χ2v) is 6.50. The Bertz CT molecular complexity index is 400. The van der Waals surface area contributed by atoms with Crippen LogP contribution in [-0.4, -0.2) is 13.1 Å². The molecule has 0 spiro atoms. The van der Waals surface area contributed by atoms with Crippen molar-refractivity contribution in [2.24, 2.45) is 5.92 Å². The van der Waals surface area contributed by atoms with E-state index in [1.807, 2.05) is 25.2 Å². The molecule has 1 aromatic carbocycles. The van der Waals surface area contributed by atoms with Crippen molar-refractivity contribution in [2.75, 3.05) is 7.05 Å². The molecular formula is C16H23Cl2N. The molecule has 0 aromatic heterocycles. The van der Waals surface area contributed by atoms with E-state index >= 15 is 0 Å². The fraction of sp³-hybridized carbons (Fsp3) is 0.625. The summed E-state index contributed by atoms with van der Waals surface area (Å²) in [5, 5.41) is 4.92. The Morgan fingerprint density at radius 1 is 1.26 bits per heavy atom. The molecule has 1 nitrogen and oxygen atoms in total. The summed E-state index contributed by atoms with van der Waals surface area (Å²) in [6.07, 6.45) is 9.28. The van der Waals surface area contributed by atoms with Crippen molar-refractivity contribution in [1.29, 1.82) is 0 Å². The summed E-state index contributed by atoms with van der Waals surface area (Å²) >= 11 is 12.2. The molecule has 3 heteroatoms. The van der Waals surface area contributed by atoms with Crippen molar-refractivity contribution in [3.8, 4) is 0 Å². The third-order valence-corrected chi connectivity index (χ3v) is 4.87. The van der Waals surface area contributed by atoms with Gasteiger partial charge in [0.1, 0.15) is 0 Å². The molecule has 1 atom stereocenters. The zero-order valence-corrected chi connectivity index (χ0v) is 13.1. The first kappa shape index (κ1) is 15.2. The van der Waals surface area contributed by atoms with Crippen LogP contribution in [0.4, 0.5) is 0 Å². The first-order valence-corrected chi connectivity index (χ1v) is 8.06. The van der Waals surface area contributed by atoms with Gasteiger partial charge in [-0.2, -0.15) is 0 Å². The van der Waals surface area contributed by atoms with Gasteiger partial charge < -0.3 is 5.32 Å². The van der Waals surface area contributed by atoms with Gasteiger partial charge in [-0.3, -0.25) is 0 Å². The van der Waals surface area contributed by atoms with Crippen LogP contribution in [0.15, 0.2) is 18.2 Å². The van der Waals surface area contributed by atoms with E-state index in [4.69, 9.17) is 23.2 Å². The highest BCUT2D eigenvalue weighted by Gasteiger charge is 2.17. The third-order valence-electron chi connectivity index (χ3n) is 4.29. The minimum atomic E-state index is 0.513. The molecule has 106 valence electrons. The Morgan fingerprint density at radius 3 is 2.63 bits per heavy atom. The maximum atomic E-state index is 6.25. The van der Waals surface area contributed by atoms with Crippen LogP contribution in [0, 0.1) is 5.92 Å². The molecular weight excluding hydrogens is 277 g/mol. The van der Waals surface area contributed by atoms with Crippen LogP contribution in [0.2, 0.25) is 10.0 Å². The Hall–Kier alpha value is -0.240. The predicted octanol–water partition coefficient (Wildman–Crippen LogP) is 5.09. The van der Waals surface area contributed by atoms with Crippen LogP contribution in [0.5, 0.6) is 0 Å². The monoisotopic (exact) mass is 299 g/mol. The lowest BCUT2D eigenvalue weighted by molar-refractivity contribution is 0.418. The summed E-state index contributed by atoms with van der Waals surface area (Å²) in [6.45, 7) is 0. The molecule has 2 rings (SSSR count). The fourth-order valence-corrected chi connectivity index (χ4v) is 3.52. The summed E-state index contributed by atoms with van der Waals surface area (Å²) < 4.78 is 0. The van der Waals surface area contributed by atoms with Crippen LogP contribution in [-0.2, 0) is 6.42 Å². The van der Waals surface area contributed by atoms with Crippen molar-refractivity contribution < 1.29 is 0 Å². The Balaban J connectivity index is 1.86. The highest BCUT2D eigenvalue weighted by molar-refractivity contribution is 6.35. The predicted molar refractivity (Wildman–Crippen MR) is 84.2 cm³/mol. The molecule has 0 aliphatic heterocycles. The largest absolute Gasteiger partial charge is 0.317 e. The molecule has 0 bridgehead atoms. The number of hydrogen-bond acceptors (Lipinski definition) is 1. The summed E-state index contributed by atoms with van der Waals surface area (Å²) in [7, 11) is 2.04. The van der Waals surface area contributed by atoms with Crippen LogP contribution >= 0.6 is 23.2 Å². The van der Waals surface area contributed by atoms with Gasteiger partial charge in [0.25, 0.3) is 0 Å². The van der Waals surface area contributed by atoms with E-state index in [1.54, 1.807) is 0 Å². The molecule has 19 heavy (non-hydrogen) atoms.